The van der Waals surface area contributed by atoms with E-state index in [2.05, 4.69) is 0 Å². The number of aliphatic hydroxyl groups excluding tert-OH is 1. The number of hydrogen-bond donors (Lipinski definition) is 1. The lowest BCUT2D eigenvalue weighted by molar-refractivity contribution is -0.00912. The first kappa shape index (κ1) is 21.3. The van der Waals surface area contributed by atoms with Crippen LogP contribution in [0.5, 0.6) is 0 Å². The lowest BCUT2D eigenvalue weighted by atomic mass is 10.00. The number of ether oxygens (including phenoxy) is 1. The van der Waals surface area contributed by atoms with Crippen LogP contribution in [0, 0.1) is 0 Å². The molecule has 2 aromatic rings. The smallest absolute Gasteiger partial charge is 0.191 e. The van der Waals surface area contributed by atoms with Crippen LogP contribution in [-0.2, 0) is 11.2 Å². The number of halogens is 1. The molecule has 0 spiro atoms. The molecule has 0 saturated heterocycles. The van der Waals surface area contributed by atoms with Crippen LogP contribution in [0.15, 0.2) is 60.7 Å². The van der Waals surface area contributed by atoms with E-state index in [-0.39, 0.29) is 24.8 Å². The van der Waals surface area contributed by atoms with Crippen LogP contribution in [0.2, 0.25) is 0 Å². The van der Waals surface area contributed by atoms with Crippen molar-refractivity contribution in [1.29, 1.82) is 0 Å². The van der Waals surface area contributed by atoms with Gasteiger partial charge in [-0.2, -0.15) is 0 Å². The third kappa shape index (κ3) is 7.36. The van der Waals surface area contributed by atoms with Crippen molar-refractivity contribution in [2.45, 2.75) is 18.6 Å². The Morgan fingerprint density at radius 2 is 1.60 bits per heavy atom. The van der Waals surface area contributed by atoms with Crippen molar-refractivity contribution in [1.82, 2.24) is 4.90 Å². The van der Waals surface area contributed by atoms with Crippen molar-refractivity contribution in [3.8, 4) is 0 Å². The van der Waals surface area contributed by atoms with Crippen molar-refractivity contribution in [3.05, 3.63) is 71.8 Å². The predicted molar refractivity (Wildman–Crippen MR) is 102 cm³/mol. The number of benzene rings is 2. The van der Waals surface area contributed by atoms with Crippen molar-refractivity contribution >= 4 is 18.2 Å². The molecule has 0 radical (unpaired) electrons. The molecule has 136 valence electrons. The zero-order chi connectivity index (χ0) is 17.4. The Kier molecular flexibility index (Phi) is 9.39. The maximum Gasteiger partial charge on any atom is 0.191 e. The van der Waals surface area contributed by atoms with Gasteiger partial charge in [-0.05, 0) is 19.7 Å². The van der Waals surface area contributed by atoms with Gasteiger partial charge in [0.05, 0.1) is 12.7 Å². The number of rotatable bonds is 9. The summed E-state index contributed by atoms with van der Waals surface area (Å²) in [6, 6.07) is 18.9. The number of carbonyl (C=O) groups is 1. The van der Waals surface area contributed by atoms with Crippen LogP contribution >= 0.6 is 12.4 Å². The van der Waals surface area contributed by atoms with Crippen LogP contribution in [0.1, 0.15) is 15.9 Å². The summed E-state index contributed by atoms with van der Waals surface area (Å²) in [7, 11) is 3.78. The molecular formula is C20H26ClNO3. The van der Waals surface area contributed by atoms with Crippen molar-refractivity contribution < 1.29 is 14.6 Å². The molecule has 0 fully saturated rings. The normalized spacial score (nSPS) is 13.1. The van der Waals surface area contributed by atoms with Gasteiger partial charge in [-0.15, -0.1) is 12.4 Å². The Labute approximate surface area is 155 Å². The molecule has 0 aromatic heterocycles. The molecule has 25 heavy (non-hydrogen) atoms. The van der Waals surface area contributed by atoms with Crippen LogP contribution in [0.25, 0.3) is 0 Å². The molecule has 1 N–H and O–H groups in total. The van der Waals surface area contributed by atoms with E-state index < -0.39 is 12.2 Å². The highest BCUT2D eigenvalue weighted by Gasteiger charge is 2.22. The molecule has 2 unspecified atom stereocenters. The summed E-state index contributed by atoms with van der Waals surface area (Å²) in [6.45, 7) is 0.631. The molecule has 0 amide bonds. The molecule has 0 bridgehead atoms. The number of ketones is 1. The standard InChI is InChI=1S/C20H25NO3.ClH/c1-21(2)14-18(22)15-24-19(13-16-9-5-3-6-10-16)20(23)17-11-7-4-8-12-17;/h3-12,18-19,22H,13-15H2,1-2H3;1H. The van der Waals surface area contributed by atoms with E-state index in [9.17, 15) is 9.90 Å². The van der Waals surface area contributed by atoms with Crippen molar-refractivity contribution in [3.63, 3.8) is 0 Å². The molecule has 5 heteroatoms. The van der Waals surface area contributed by atoms with Crippen LogP contribution in [-0.4, -0.2) is 55.2 Å². The number of Topliss-reactive ketones (excluding diaryl/α,β-unsaturated/α-hetero) is 1. The Morgan fingerprint density at radius 1 is 1.04 bits per heavy atom. The van der Waals surface area contributed by atoms with Gasteiger partial charge < -0.3 is 14.7 Å². The highest BCUT2D eigenvalue weighted by atomic mass is 35.5. The van der Waals surface area contributed by atoms with Gasteiger partial charge >= 0.3 is 0 Å². The molecule has 0 saturated carbocycles. The minimum Gasteiger partial charge on any atom is -0.389 e. The number of aliphatic hydroxyl groups is 1. The van der Waals surface area contributed by atoms with Crippen molar-refractivity contribution in [2.75, 3.05) is 27.2 Å². The Balaban J connectivity index is 0.00000312. The predicted octanol–water partition coefficient (Wildman–Crippen LogP) is 2.84. The van der Waals surface area contributed by atoms with E-state index in [4.69, 9.17) is 4.74 Å². The average molecular weight is 364 g/mol. The van der Waals surface area contributed by atoms with E-state index >= 15 is 0 Å². The van der Waals surface area contributed by atoms with Gasteiger partial charge in [0.25, 0.3) is 0 Å². The summed E-state index contributed by atoms with van der Waals surface area (Å²) in [5.74, 6) is -0.0588. The summed E-state index contributed by atoms with van der Waals surface area (Å²) < 4.78 is 5.80. The maximum absolute atomic E-state index is 12.8. The molecule has 0 heterocycles. The fraction of sp³-hybridized carbons (Fsp3) is 0.350. The van der Waals surface area contributed by atoms with Gasteiger partial charge in [-0.1, -0.05) is 60.7 Å². The van der Waals surface area contributed by atoms with Gasteiger partial charge in [-0.3, -0.25) is 4.79 Å². The second-order valence-corrected chi connectivity index (χ2v) is 6.16. The summed E-state index contributed by atoms with van der Waals surface area (Å²) in [5.41, 5.74) is 1.66. The topological polar surface area (TPSA) is 49.8 Å². The van der Waals surface area contributed by atoms with E-state index in [1.54, 1.807) is 12.1 Å². The number of likely N-dealkylation sites (N-methyl/N-ethyl adjacent to an activating group) is 1. The van der Waals surface area contributed by atoms with Gasteiger partial charge in [0.1, 0.15) is 6.10 Å². The number of nitrogens with zero attached hydrogens (tertiary/aromatic N) is 1. The molecule has 2 atom stereocenters. The zero-order valence-corrected chi connectivity index (χ0v) is 15.5. The SMILES string of the molecule is CN(C)CC(O)COC(Cc1ccccc1)C(=O)c1ccccc1.Cl. The fourth-order valence-corrected chi connectivity index (χ4v) is 2.55. The largest absolute Gasteiger partial charge is 0.389 e. The zero-order valence-electron chi connectivity index (χ0n) is 14.7. The summed E-state index contributed by atoms with van der Waals surface area (Å²) >= 11 is 0. The summed E-state index contributed by atoms with van der Waals surface area (Å²) in [6.07, 6.45) is -0.739. The molecule has 2 rings (SSSR count). The Hall–Kier alpha value is -1.72. The van der Waals surface area contributed by atoms with Gasteiger partial charge in [-0.25, -0.2) is 0 Å². The lowest BCUT2D eigenvalue weighted by Gasteiger charge is -2.21. The van der Waals surface area contributed by atoms with E-state index in [0.29, 0.717) is 18.5 Å². The Bertz CT molecular complexity index is 619. The molecule has 0 aliphatic carbocycles. The summed E-state index contributed by atoms with van der Waals surface area (Å²) in [4.78, 5) is 14.7. The number of carbonyl (C=O) groups excluding carboxylic acids is 1. The number of hydrogen-bond acceptors (Lipinski definition) is 4. The third-order valence-electron chi connectivity index (χ3n) is 3.68. The fourth-order valence-electron chi connectivity index (χ4n) is 2.55. The second-order valence-electron chi connectivity index (χ2n) is 6.16. The molecule has 0 aliphatic heterocycles. The average Bonchev–Trinajstić information content (AvgIpc) is 2.59. The van der Waals surface area contributed by atoms with E-state index in [0.717, 1.165) is 5.56 Å². The van der Waals surface area contributed by atoms with Gasteiger partial charge in [0.2, 0.25) is 0 Å². The highest BCUT2D eigenvalue weighted by molar-refractivity contribution is 5.99. The van der Waals surface area contributed by atoms with Crippen LogP contribution in [0.3, 0.4) is 0 Å². The Morgan fingerprint density at radius 3 is 2.16 bits per heavy atom. The lowest BCUT2D eigenvalue weighted by Crippen LogP contribution is -2.34. The molecular weight excluding hydrogens is 338 g/mol. The minimum absolute atomic E-state index is 0. The monoisotopic (exact) mass is 363 g/mol. The molecule has 2 aromatic carbocycles. The van der Waals surface area contributed by atoms with Gasteiger partial charge in [0.15, 0.2) is 5.78 Å². The van der Waals surface area contributed by atoms with Crippen LogP contribution in [0.4, 0.5) is 0 Å². The molecule has 0 aliphatic rings. The third-order valence-corrected chi connectivity index (χ3v) is 3.68. The van der Waals surface area contributed by atoms with Crippen LogP contribution < -0.4 is 0 Å². The van der Waals surface area contributed by atoms with E-state index in [1.165, 1.54) is 0 Å². The van der Waals surface area contributed by atoms with Crippen molar-refractivity contribution in [2.24, 2.45) is 0 Å². The first-order valence-electron chi connectivity index (χ1n) is 8.14. The van der Waals surface area contributed by atoms with Gasteiger partial charge in [0, 0.05) is 18.5 Å². The first-order chi connectivity index (χ1) is 11.6. The summed E-state index contributed by atoms with van der Waals surface area (Å²) in [5, 5.41) is 10.0. The molecule has 4 nitrogen and oxygen atoms in total. The highest BCUT2D eigenvalue weighted by Crippen LogP contribution is 2.13. The second kappa shape index (κ2) is 11.0. The maximum atomic E-state index is 12.8. The first-order valence-corrected chi connectivity index (χ1v) is 8.14. The van der Waals surface area contributed by atoms with E-state index in [1.807, 2.05) is 67.5 Å². The minimum atomic E-state index is -0.623. The quantitative estimate of drug-likeness (QED) is 0.696.